The molecule has 0 saturated carbocycles. The van der Waals surface area contributed by atoms with Crippen LogP contribution in [0.25, 0.3) is 0 Å². The highest BCUT2D eigenvalue weighted by Gasteiger charge is 2.31. The van der Waals surface area contributed by atoms with E-state index in [0.717, 1.165) is 35.1 Å². The van der Waals surface area contributed by atoms with Crippen molar-refractivity contribution in [2.75, 3.05) is 0 Å². The van der Waals surface area contributed by atoms with Crippen LogP contribution in [0.1, 0.15) is 93.2 Å². The Hall–Kier alpha value is -2.57. The maximum absolute atomic E-state index is 11.0. The van der Waals surface area contributed by atoms with E-state index in [-0.39, 0.29) is 11.8 Å². The first-order chi connectivity index (χ1) is 15.1. The Kier molecular flexibility index (Phi) is 8.70. The highest BCUT2D eigenvalue weighted by atomic mass is 16.4. The van der Waals surface area contributed by atoms with Gasteiger partial charge in [-0.3, -0.25) is 4.79 Å². The lowest BCUT2D eigenvalue weighted by molar-refractivity contribution is -0.136. The van der Waals surface area contributed by atoms with Gasteiger partial charge in [0.15, 0.2) is 0 Å². The minimum Gasteiger partial charge on any atom is -0.481 e. The number of benzene rings is 2. The number of aliphatic hydroxyl groups is 1. The summed E-state index contributed by atoms with van der Waals surface area (Å²) >= 11 is 0. The van der Waals surface area contributed by atoms with Gasteiger partial charge in [0.05, 0.1) is 0 Å². The van der Waals surface area contributed by atoms with Gasteiger partial charge in [-0.25, -0.2) is 0 Å². The van der Waals surface area contributed by atoms with Gasteiger partial charge in [0.1, 0.15) is 5.60 Å². The van der Waals surface area contributed by atoms with E-state index in [4.69, 9.17) is 5.11 Å². The number of aryl methyl sites for hydroxylation is 3. The van der Waals surface area contributed by atoms with Crippen LogP contribution >= 0.6 is 0 Å². The third-order valence-corrected chi connectivity index (χ3v) is 7.09. The van der Waals surface area contributed by atoms with Crippen LogP contribution in [0.3, 0.4) is 0 Å². The SMILES string of the molecule is CCC(O)(C#Cc1ccc(C(CC)(CC)c2ccc(CCC(=O)O)c(C)c2)cc1C)CC. The van der Waals surface area contributed by atoms with Crippen molar-refractivity contribution in [3.63, 3.8) is 0 Å². The molecule has 3 nitrogen and oxygen atoms in total. The minimum absolute atomic E-state index is 0.111. The maximum atomic E-state index is 11.0. The fraction of sp³-hybridized carbons (Fsp3) is 0.483. The molecular weight excluding hydrogens is 396 g/mol. The molecule has 0 amide bonds. The van der Waals surface area contributed by atoms with E-state index in [1.165, 1.54) is 11.1 Å². The summed E-state index contributed by atoms with van der Waals surface area (Å²) in [5, 5.41) is 19.5. The zero-order valence-electron chi connectivity index (χ0n) is 20.5. The highest BCUT2D eigenvalue weighted by molar-refractivity contribution is 5.67. The molecule has 3 heteroatoms. The zero-order valence-corrected chi connectivity index (χ0v) is 20.5. The van der Waals surface area contributed by atoms with E-state index in [2.05, 4.69) is 75.9 Å². The fourth-order valence-electron chi connectivity index (χ4n) is 4.46. The number of carboxylic acid groups (broad SMARTS) is 1. The zero-order chi connectivity index (χ0) is 23.9. The van der Waals surface area contributed by atoms with Gasteiger partial charge in [-0.15, -0.1) is 0 Å². The monoisotopic (exact) mass is 434 g/mol. The van der Waals surface area contributed by atoms with Gasteiger partial charge in [-0.05, 0) is 79.8 Å². The number of carboxylic acids is 1. The summed E-state index contributed by atoms with van der Waals surface area (Å²) in [4.78, 5) is 11.0. The molecule has 172 valence electrons. The Morgan fingerprint density at radius 1 is 0.875 bits per heavy atom. The van der Waals surface area contributed by atoms with Crippen LogP contribution in [0.5, 0.6) is 0 Å². The van der Waals surface area contributed by atoms with E-state index in [1.54, 1.807) is 0 Å². The lowest BCUT2D eigenvalue weighted by Gasteiger charge is -2.34. The molecule has 2 aromatic rings. The molecule has 0 unspecified atom stereocenters. The number of hydrogen-bond acceptors (Lipinski definition) is 2. The lowest BCUT2D eigenvalue weighted by Crippen LogP contribution is -2.26. The molecule has 0 saturated heterocycles. The molecule has 0 aliphatic rings. The van der Waals surface area contributed by atoms with Crippen LogP contribution in [0.15, 0.2) is 36.4 Å². The largest absolute Gasteiger partial charge is 0.481 e. The predicted octanol–water partition coefficient (Wildman–Crippen LogP) is 6.33. The molecule has 2 aromatic carbocycles. The summed E-state index contributed by atoms with van der Waals surface area (Å²) in [5.41, 5.74) is 5.81. The number of hydrogen-bond donors (Lipinski definition) is 2. The molecule has 0 aliphatic heterocycles. The molecule has 0 heterocycles. The number of rotatable bonds is 9. The normalized spacial score (nSPS) is 11.7. The minimum atomic E-state index is -0.929. The number of aliphatic carboxylic acids is 1. The first kappa shape index (κ1) is 25.7. The van der Waals surface area contributed by atoms with Crippen LogP contribution < -0.4 is 0 Å². The molecular formula is C29H38O3. The average Bonchev–Trinajstić information content (AvgIpc) is 2.78. The van der Waals surface area contributed by atoms with Crippen LogP contribution in [-0.2, 0) is 16.6 Å². The van der Waals surface area contributed by atoms with Crippen LogP contribution in [-0.4, -0.2) is 21.8 Å². The van der Waals surface area contributed by atoms with Gasteiger partial charge in [0.2, 0.25) is 0 Å². The van der Waals surface area contributed by atoms with Gasteiger partial charge < -0.3 is 10.2 Å². The van der Waals surface area contributed by atoms with Gasteiger partial charge in [0.25, 0.3) is 0 Å². The smallest absolute Gasteiger partial charge is 0.303 e. The highest BCUT2D eigenvalue weighted by Crippen LogP contribution is 2.40. The topological polar surface area (TPSA) is 57.5 Å². The van der Waals surface area contributed by atoms with Gasteiger partial charge in [-0.2, -0.15) is 0 Å². The van der Waals surface area contributed by atoms with Gasteiger partial charge in [-0.1, -0.05) is 69.9 Å². The first-order valence-electron chi connectivity index (χ1n) is 11.8. The standard InChI is InChI=1S/C29H38O3/c1-7-28(32,8-2)18-17-24-12-15-26(20-22(24)6)29(9-3,10-4)25-14-11-23(21(5)19-25)13-16-27(30)31/h11-12,14-15,19-20,32H,7-10,13,16H2,1-6H3,(H,30,31). The molecule has 0 fully saturated rings. The van der Waals surface area contributed by atoms with Crippen LogP contribution in [0, 0.1) is 25.7 Å². The Labute approximate surface area is 193 Å². The quantitative estimate of drug-likeness (QED) is 0.453. The van der Waals surface area contributed by atoms with Crippen LogP contribution in [0.4, 0.5) is 0 Å². The number of carbonyl (C=O) groups is 1. The Morgan fingerprint density at radius 3 is 1.91 bits per heavy atom. The molecule has 0 aliphatic carbocycles. The third kappa shape index (κ3) is 5.61. The van der Waals surface area contributed by atoms with Crippen molar-refractivity contribution in [1.82, 2.24) is 0 Å². The lowest BCUT2D eigenvalue weighted by atomic mass is 9.69. The van der Waals surface area contributed by atoms with E-state index in [1.807, 2.05) is 13.8 Å². The molecule has 0 radical (unpaired) electrons. The summed E-state index contributed by atoms with van der Waals surface area (Å²) in [7, 11) is 0. The molecule has 32 heavy (non-hydrogen) atoms. The molecule has 0 bridgehead atoms. The molecule has 0 aromatic heterocycles. The van der Waals surface area contributed by atoms with Gasteiger partial charge >= 0.3 is 5.97 Å². The van der Waals surface area contributed by atoms with Crippen molar-refractivity contribution in [3.05, 3.63) is 69.8 Å². The summed E-state index contributed by atoms with van der Waals surface area (Å²) in [6.07, 6.45) is 3.87. The predicted molar refractivity (Wildman–Crippen MR) is 132 cm³/mol. The van der Waals surface area contributed by atoms with Crippen molar-refractivity contribution < 1.29 is 15.0 Å². The van der Waals surface area contributed by atoms with Crippen molar-refractivity contribution in [1.29, 1.82) is 0 Å². The van der Waals surface area contributed by atoms with Crippen molar-refractivity contribution in [2.24, 2.45) is 0 Å². The average molecular weight is 435 g/mol. The maximum Gasteiger partial charge on any atom is 0.303 e. The van der Waals surface area contributed by atoms with E-state index in [0.29, 0.717) is 19.3 Å². The fourth-order valence-corrected chi connectivity index (χ4v) is 4.46. The Bertz CT molecular complexity index is 999. The molecule has 0 spiro atoms. The van der Waals surface area contributed by atoms with E-state index < -0.39 is 11.6 Å². The van der Waals surface area contributed by atoms with Crippen molar-refractivity contribution in [3.8, 4) is 11.8 Å². The van der Waals surface area contributed by atoms with Crippen LogP contribution in [0.2, 0.25) is 0 Å². The van der Waals surface area contributed by atoms with Crippen molar-refractivity contribution >= 4 is 5.97 Å². The summed E-state index contributed by atoms with van der Waals surface area (Å²) in [6, 6.07) is 13.0. The van der Waals surface area contributed by atoms with Crippen molar-refractivity contribution in [2.45, 2.75) is 91.1 Å². The van der Waals surface area contributed by atoms with Gasteiger partial charge in [0, 0.05) is 17.4 Å². The second-order valence-electron chi connectivity index (χ2n) is 8.84. The third-order valence-electron chi connectivity index (χ3n) is 7.09. The van der Waals surface area contributed by atoms with E-state index in [9.17, 15) is 9.90 Å². The Balaban J connectivity index is 2.46. The summed E-state index contributed by atoms with van der Waals surface area (Å²) in [6.45, 7) is 12.5. The van der Waals surface area contributed by atoms with E-state index >= 15 is 0 Å². The molecule has 0 atom stereocenters. The second kappa shape index (κ2) is 10.8. The summed E-state index contributed by atoms with van der Waals surface area (Å²) < 4.78 is 0. The molecule has 2 rings (SSSR count). The second-order valence-corrected chi connectivity index (χ2v) is 8.84. The Morgan fingerprint density at radius 2 is 1.44 bits per heavy atom. The summed E-state index contributed by atoms with van der Waals surface area (Å²) in [5.74, 6) is 5.51. The molecule has 2 N–H and O–H groups in total. The first-order valence-corrected chi connectivity index (χ1v) is 11.8.